The van der Waals surface area contributed by atoms with Crippen LogP contribution in [-0.4, -0.2) is 58.7 Å². The number of aromatic amines is 1. The van der Waals surface area contributed by atoms with E-state index in [-0.39, 0.29) is 12.4 Å². The van der Waals surface area contributed by atoms with Crippen LogP contribution in [0.2, 0.25) is 0 Å². The van der Waals surface area contributed by atoms with Crippen molar-refractivity contribution in [1.29, 1.82) is 0 Å². The van der Waals surface area contributed by atoms with Crippen LogP contribution in [0, 0.1) is 0 Å². The van der Waals surface area contributed by atoms with E-state index in [1.165, 1.54) is 26.0 Å². The third-order valence-corrected chi connectivity index (χ3v) is 6.84. The summed E-state index contributed by atoms with van der Waals surface area (Å²) in [6.45, 7) is 4.69. The Hall–Kier alpha value is -2.83. The van der Waals surface area contributed by atoms with Crippen LogP contribution >= 0.6 is 7.75 Å². The molecule has 0 aliphatic carbocycles. The second-order valence-corrected chi connectivity index (χ2v) is 10.0. The summed E-state index contributed by atoms with van der Waals surface area (Å²) in [6.07, 6.45) is -2.63. The molecule has 0 fully saturated rings. The van der Waals surface area contributed by atoms with E-state index in [0.717, 1.165) is 26.3 Å². The lowest BCUT2D eigenvalue weighted by Crippen LogP contribution is -2.52. The number of nitrogens with zero attached hydrogens (tertiary/aromatic N) is 1. The van der Waals surface area contributed by atoms with Gasteiger partial charge in [-0.15, -0.1) is 0 Å². The third-order valence-electron chi connectivity index (χ3n) is 5.07. The fourth-order valence-corrected chi connectivity index (χ4v) is 4.79. The van der Waals surface area contributed by atoms with Crippen LogP contribution in [-0.2, 0) is 29.1 Å². The molecule has 1 unspecified atom stereocenters. The summed E-state index contributed by atoms with van der Waals surface area (Å²) in [5.41, 5.74) is -3.38. The van der Waals surface area contributed by atoms with E-state index >= 15 is 4.39 Å². The van der Waals surface area contributed by atoms with Crippen LogP contribution < -0.4 is 20.9 Å². The van der Waals surface area contributed by atoms with Crippen LogP contribution in [0.1, 0.15) is 27.7 Å². The monoisotopic (exact) mass is 531 g/mol. The van der Waals surface area contributed by atoms with Gasteiger partial charge in [-0.05, 0) is 39.8 Å². The average molecular weight is 531 g/mol. The van der Waals surface area contributed by atoms with Crippen LogP contribution in [0.5, 0.6) is 5.75 Å². The summed E-state index contributed by atoms with van der Waals surface area (Å²) in [5.74, 6) is -3.37. The molecular weight excluding hydrogens is 500 g/mol. The molecule has 0 spiro atoms. The number of para-hydroxylation sites is 1. The molecule has 2 aromatic rings. The number of halogens is 1. The standard InChI is InChI=1S/C22H31FN3O9P/c1-6-33-19(29)21(2,3)25-36(31,35-15-10-8-7-9-11-15)34-14-16(32-5)18(28)22(4,23)26-13-12-17(27)24-20(26)30/h7-13,16,18,28H,6,14H2,1-5H3,(H,25,31)(H,24,27,30)/t16-,18-,22+,36?/m1/s1. The molecule has 0 saturated carbocycles. The first-order valence-corrected chi connectivity index (χ1v) is 12.5. The lowest BCUT2D eigenvalue weighted by atomic mass is 10.0. The largest absolute Gasteiger partial charge is 0.465 e. The number of H-pyrrole nitrogens is 1. The van der Waals surface area contributed by atoms with Crippen molar-refractivity contribution in [2.45, 2.75) is 51.2 Å². The van der Waals surface area contributed by atoms with Crippen molar-refractivity contribution in [3.63, 3.8) is 0 Å². The number of alkyl halides is 1. The van der Waals surface area contributed by atoms with Gasteiger partial charge in [0.05, 0.1) is 13.2 Å². The molecule has 36 heavy (non-hydrogen) atoms. The molecule has 0 aliphatic rings. The molecule has 200 valence electrons. The van der Waals surface area contributed by atoms with Crippen molar-refractivity contribution < 1.29 is 37.4 Å². The van der Waals surface area contributed by atoms with Crippen LogP contribution in [0.15, 0.2) is 52.2 Å². The predicted octanol–water partition coefficient (Wildman–Crippen LogP) is 1.69. The number of carbonyl (C=O) groups excluding carboxylic acids is 1. The zero-order valence-electron chi connectivity index (χ0n) is 20.6. The van der Waals surface area contributed by atoms with Crippen molar-refractivity contribution in [2.24, 2.45) is 0 Å². The van der Waals surface area contributed by atoms with Gasteiger partial charge in [0.15, 0.2) is 0 Å². The predicted molar refractivity (Wildman–Crippen MR) is 127 cm³/mol. The first-order valence-electron chi connectivity index (χ1n) is 10.9. The number of nitrogens with one attached hydrogen (secondary N) is 2. The number of ether oxygens (including phenoxy) is 2. The van der Waals surface area contributed by atoms with E-state index in [4.69, 9.17) is 18.5 Å². The van der Waals surface area contributed by atoms with Crippen molar-refractivity contribution in [2.75, 3.05) is 20.3 Å². The second-order valence-electron chi connectivity index (χ2n) is 8.38. The SMILES string of the molecule is CCOC(=O)C(C)(C)NP(=O)(OC[C@@H](OC)[C@@H](O)[C@@](C)(F)n1ccc(=O)[nH]c1=O)Oc1ccccc1. The molecule has 1 heterocycles. The number of aliphatic hydroxyl groups excluding tert-OH is 1. The van der Waals surface area contributed by atoms with Crippen LogP contribution in [0.3, 0.4) is 0 Å². The number of aromatic nitrogens is 2. The molecule has 2 rings (SSSR count). The van der Waals surface area contributed by atoms with Gasteiger partial charge in [0.2, 0.25) is 5.79 Å². The number of hydrogen-bond donors (Lipinski definition) is 3. The van der Waals surface area contributed by atoms with Crippen LogP contribution in [0.25, 0.3) is 0 Å². The summed E-state index contributed by atoms with van der Waals surface area (Å²) in [6, 6.07) is 8.85. The minimum absolute atomic E-state index is 0.0752. The Labute approximate surface area is 206 Å². The van der Waals surface area contributed by atoms with Crippen molar-refractivity contribution in [3.8, 4) is 5.75 Å². The van der Waals surface area contributed by atoms with Gasteiger partial charge in [0.1, 0.15) is 23.5 Å². The molecule has 0 aliphatic heterocycles. The van der Waals surface area contributed by atoms with E-state index in [2.05, 4.69) is 5.09 Å². The number of hydrogen-bond acceptors (Lipinski definition) is 9. The summed E-state index contributed by atoms with van der Waals surface area (Å²) < 4.78 is 50.8. The Morgan fingerprint density at radius 2 is 1.86 bits per heavy atom. The molecule has 12 nitrogen and oxygen atoms in total. The minimum atomic E-state index is -4.37. The lowest BCUT2D eigenvalue weighted by molar-refractivity contribution is -0.149. The lowest BCUT2D eigenvalue weighted by Gasteiger charge is -2.34. The van der Waals surface area contributed by atoms with Gasteiger partial charge in [-0.3, -0.25) is 23.7 Å². The molecule has 0 radical (unpaired) electrons. The number of rotatable bonds is 13. The summed E-state index contributed by atoms with van der Waals surface area (Å²) in [5, 5.41) is 13.2. The molecule has 0 amide bonds. The highest BCUT2D eigenvalue weighted by Crippen LogP contribution is 2.47. The zero-order valence-corrected chi connectivity index (χ0v) is 21.5. The number of methoxy groups -OCH3 is 1. The number of carbonyl (C=O) groups is 1. The zero-order chi connectivity index (χ0) is 27.1. The molecule has 0 saturated heterocycles. The van der Waals surface area contributed by atoms with E-state index in [9.17, 15) is 24.1 Å². The van der Waals surface area contributed by atoms with Crippen molar-refractivity contribution in [1.82, 2.24) is 14.6 Å². The van der Waals surface area contributed by atoms with Gasteiger partial charge >= 0.3 is 19.4 Å². The smallest absolute Gasteiger partial charge is 0.459 e. The highest BCUT2D eigenvalue weighted by Gasteiger charge is 2.44. The van der Waals surface area contributed by atoms with Gasteiger partial charge in [-0.2, -0.15) is 5.09 Å². The Morgan fingerprint density at radius 1 is 1.22 bits per heavy atom. The van der Waals surface area contributed by atoms with E-state index in [1.807, 2.05) is 4.98 Å². The number of benzene rings is 1. The maximum absolute atomic E-state index is 15.6. The summed E-state index contributed by atoms with van der Waals surface area (Å²) >= 11 is 0. The Bertz CT molecular complexity index is 1180. The minimum Gasteiger partial charge on any atom is -0.465 e. The first kappa shape index (κ1) is 29.4. The topological polar surface area (TPSA) is 158 Å². The first-order chi connectivity index (χ1) is 16.8. The number of esters is 1. The van der Waals surface area contributed by atoms with E-state index < -0.39 is 55.1 Å². The van der Waals surface area contributed by atoms with Gasteiger partial charge in [-0.1, -0.05) is 18.2 Å². The summed E-state index contributed by atoms with van der Waals surface area (Å²) in [4.78, 5) is 37.6. The fraction of sp³-hybridized carbons (Fsp3) is 0.500. The van der Waals surface area contributed by atoms with Crippen LogP contribution in [0.4, 0.5) is 4.39 Å². The summed E-state index contributed by atoms with van der Waals surface area (Å²) in [7, 11) is -3.23. The molecule has 0 bridgehead atoms. The normalized spacial score (nSPS) is 16.9. The molecular formula is C22H31FN3O9P. The van der Waals surface area contributed by atoms with Crippen molar-refractivity contribution in [3.05, 3.63) is 63.4 Å². The quantitative estimate of drug-likeness (QED) is 0.257. The van der Waals surface area contributed by atoms with Gasteiger partial charge in [0, 0.05) is 19.4 Å². The maximum atomic E-state index is 15.6. The second kappa shape index (κ2) is 11.9. The Balaban J connectivity index is 2.31. The average Bonchev–Trinajstić information content (AvgIpc) is 2.79. The molecule has 4 atom stereocenters. The Morgan fingerprint density at radius 3 is 2.42 bits per heavy atom. The molecule has 3 N–H and O–H groups in total. The van der Waals surface area contributed by atoms with Gasteiger partial charge < -0.3 is 19.1 Å². The highest BCUT2D eigenvalue weighted by molar-refractivity contribution is 7.52. The fourth-order valence-electron chi connectivity index (χ4n) is 3.10. The van der Waals surface area contributed by atoms with Crippen molar-refractivity contribution >= 4 is 13.7 Å². The third kappa shape index (κ3) is 7.34. The number of aliphatic hydroxyl groups is 1. The Kier molecular flexibility index (Phi) is 9.75. The van der Waals surface area contributed by atoms with E-state index in [1.54, 1.807) is 25.1 Å². The van der Waals surface area contributed by atoms with E-state index in [0.29, 0.717) is 4.57 Å². The highest BCUT2D eigenvalue weighted by atomic mass is 31.2. The molecule has 1 aromatic carbocycles. The van der Waals surface area contributed by atoms with Gasteiger partial charge in [-0.25, -0.2) is 13.8 Å². The molecule has 1 aromatic heterocycles. The molecule has 14 heteroatoms. The maximum Gasteiger partial charge on any atom is 0.459 e. The van der Waals surface area contributed by atoms with Gasteiger partial charge in [0.25, 0.3) is 5.56 Å².